The summed E-state index contributed by atoms with van der Waals surface area (Å²) in [4.78, 5) is 23.7. The van der Waals surface area contributed by atoms with Crippen LogP contribution >= 0.6 is 11.8 Å². The van der Waals surface area contributed by atoms with E-state index in [9.17, 15) is 20.1 Å². The van der Waals surface area contributed by atoms with E-state index in [1.54, 1.807) is 0 Å². The fourth-order valence-corrected chi connectivity index (χ4v) is 3.69. The Morgan fingerprint density at radius 2 is 2.11 bits per heavy atom. The molecule has 7 N–H and O–H groups in total. The van der Waals surface area contributed by atoms with Crippen LogP contribution in [-0.4, -0.2) is 76.7 Å². The normalized spacial score (nSPS) is 27.7. The number of nitrogens with two attached hydrogens (primary N) is 2. The number of aliphatic hydroxyl groups is 2. The molecule has 3 heterocycles. The van der Waals surface area contributed by atoms with Gasteiger partial charge in [0.25, 0.3) is 0 Å². The number of fused-ring (bicyclic) bond motifs is 1. The van der Waals surface area contributed by atoms with Gasteiger partial charge in [0.1, 0.15) is 29.6 Å². The first-order valence-electron chi connectivity index (χ1n) is 8.24. The molecule has 0 saturated carbocycles. The molecule has 1 fully saturated rings. The van der Waals surface area contributed by atoms with Crippen molar-refractivity contribution in [1.29, 1.82) is 0 Å². The molecule has 1 saturated heterocycles. The number of hydrogen-bond acceptors (Lipinski definition) is 10. The molecule has 0 amide bonds. The number of carboxylic acid groups (broad SMARTS) is 1. The Morgan fingerprint density at radius 1 is 1.37 bits per heavy atom. The average molecular weight is 398 g/mol. The van der Waals surface area contributed by atoms with Crippen molar-refractivity contribution in [2.24, 2.45) is 5.73 Å². The van der Waals surface area contributed by atoms with Crippen molar-refractivity contribution in [1.82, 2.24) is 19.5 Å². The molecule has 1 aliphatic heterocycles. The van der Waals surface area contributed by atoms with E-state index in [1.807, 2.05) is 6.26 Å². The van der Waals surface area contributed by atoms with Crippen LogP contribution < -0.4 is 11.5 Å². The van der Waals surface area contributed by atoms with Gasteiger partial charge in [-0.05, 0) is 18.4 Å². The van der Waals surface area contributed by atoms with Crippen LogP contribution in [0.4, 0.5) is 5.82 Å². The van der Waals surface area contributed by atoms with Crippen LogP contribution in [0, 0.1) is 0 Å². The van der Waals surface area contributed by atoms with Gasteiger partial charge in [-0.1, -0.05) is 0 Å². The molecule has 0 unspecified atom stereocenters. The van der Waals surface area contributed by atoms with Crippen molar-refractivity contribution in [3.8, 4) is 0 Å². The summed E-state index contributed by atoms with van der Waals surface area (Å²) in [5.74, 6) is -0.467. The molecule has 0 radical (unpaired) electrons. The zero-order valence-corrected chi connectivity index (χ0v) is 15.4. The lowest BCUT2D eigenvalue weighted by Crippen LogP contribution is -2.52. The maximum absolute atomic E-state index is 11.6. The van der Waals surface area contributed by atoms with E-state index >= 15 is 0 Å². The number of nitrogens with zero attached hydrogens (tertiary/aromatic N) is 4. The number of aliphatic hydroxyl groups excluding tert-OH is 2. The lowest BCUT2D eigenvalue weighted by atomic mass is 9.88. The van der Waals surface area contributed by atoms with E-state index in [4.69, 9.17) is 16.2 Å². The van der Waals surface area contributed by atoms with E-state index in [0.717, 1.165) is 0 Å². The van der Waals surface area contributed by atoms with Crippen LogP contribution in [0.15, 0.2) is 12.7 Å². The topological polar surface area (TPSA) is 183 Å². The van der Waals surface area contributed by atoms with Gasteiger partial charge in [-0.15, -0.1) is 0 Å². The third kappa shape index (κ3) is 3.58. The molecule has 0 spiro atoms. The maximum Gasteiger partial charge on any atom is 0.323 e. The Balaban J connectivity index is 1.85. The first kappa shape index (κ1) is 19.8. The van der Waals surface area contributed by atoms with E-state index < -0.39 is 36.0 Å². The summed E-state index contributed by atoms with van der Waals surface area (Å²) < 4.78 is 7.21. The summed E-state index contributed by atoms with van der Waals surface area (Å²) in [6, 6.07) is 0. The number of nitrogen functional groups attached to an aromatic ring is 1. The third-order valence-corrected chi connectivity index (χ3v) is 5.35. The summed E-state index contributed by atoms with van der Waals surface area (Å²) >= 11 is 1.47. The molecule has 11 nitrogen and oxygen atoms in total. The standard InChI is InChI=1S/C15H22N6O5S/c1-27-3-2-15(17,14(24)25)4-7-9(22)10(23)13(26-7)21-6-20-8-11(16)18-5-19-12(8)21/h5-7,9-10,13,22-23H,2-4,17H2,1H3,(H,24,25)(H2,16,18,19)/t7-,9-,10-,13-,15-/m1/s1. The molecule has 148 valence electrons. The Labute approximate surface area is 158 Å². The van der Waals surface area contributed by atoms with Crippen molar-refractivity contribution in [3.05, 3.63) is 12.7 Å². The van der Waals surface area contributed by atoms with E-state index in [0.29, 0.717) is 16.9 Å². The molecule has 0 bridgehead atoms. The number of anilines is 1. The molecule has 12 heteroatoms. The number of rotatable bonds is 7. The zero-order valence-electron chi connectivity index (χ0n) is 14.6. The quantitative estimate of drug-likeness (QED) is 0.383. The van der Waals surface area contributed by atoms with Crippen molar-refractivity contribution in [2.75, 3.05) is 17.7 Å². The van der Waals surface area contributed by atoms with Gasteiger partial charge >= 0.3 is 5.97 Å². The first-order valence-corrected chi connectivity index (χ1v) is 9.63. The highest BCUT2D eigenvalue weighted by molar-refractivity contribution is 7.98. The van der Waals surface area contributed by atoms with Crippen molar-refractivity contribution >= 4 is 34.7 Å². The lowest BCUT2D eigenvalue weighted by molar-refractivity contribution is -0.146. The fourth-order valence-electron chi connectivity index (χ4n) is 3.12. The van der Waals surface area contributed by atoms with Gasteiger partial charge in [0, 0.05) is 6.42 Å². The Kier molecular flexibility index (Phi) is 5.53. The highest BCUT2D eigenvalue weighted by Crippen LogP contribution is 2.35. The number of ether oxygens (including phenoxy) is 1. The number of hydrogen-bond donors (Lipinski definition) is 5. The number of carbonyl (C=O) groups is 1. The van der Waals surface area contributed by atoms with Crippen LogP contribution in [0.25, 0.3) is 11.2 Å². The molecule has 5 atom stereocenters. The van der Waals surface area contributed by atoms with Crippen LogP contribution in [0.2, 0.25) is 0 Å². The molecule has 0 aromatic carbocycles. The minimum atomic E-state index is -1.58. The number of aromatic nitrogens is 4. The van der Waals surface area contributed by atoms with Gasteiger partial charge in [0.2, 0.25) is 0 Å². The fraction of sp³-hybridized carbons (Fsp3) is 0.600. The van der Waals surface area contributed by atoms with Gasteiger partial charge in [0.05, 0.1) is 12.4 Å². The van der Waals surface area contributed by atoms with Gasteiger partial charge in [0.15, 0.2) is 17.7 Å². The number of aliphatic carboxylic acids is 1. The number of carboxylic acids is 1. The predicted molar refractivity (Wildman–Crippen MR) is 97.8 cm³/mol. The van der Waals surface area contributed by atoms with Crippen molar-refractivity contribution in [3.63, 3.8) is 0 Å². The molecule has 0 aliphatic carbocycles. The second-order valence-corrected chi connectivity index (χ2v) is 7.52. The van der Waals surface area contributed by atoms with Crippen LogP contribution in [0.1, 0.15) is 19.1 Å². The SMILES string of the molecule is CSCC[C@@](N)(C[C@H]1O[C@@H](n2cnc3c(N)ncnc32)[C@H](O)[C@@H]1O)C(=O)O. The summed E-state index contributed by atoms with van der Waals surface area (Å²) in [6.07, 6.45) is -0.0865. The van der Waals surface area contributed by atoms with E-state index in [1.165, 1.54) is 29.0 Å². The second-order valence-electron chi connectivity index (χ2n) is 6.54. The lowest BCUT2D eigenvalue weighted by Gasteiger charge is -2.28. The Hall–Kier alpha value is -1.99. The highest BCUT2D eigenvalue weighted by Gasteiger charge is 2.48. The zero-order chi connectivity index (χ0) is 19.8. The second kappa shape index (κ2) is 7.56. The largest absolute Gasteiger partial charge is 0.480 e. The smallest absolute Gasteiger partial charge is 0.323 e. The maximum atomic E-state index is 11.6. The van der Waals surface area contributed by atoms with Crippen molar-refractivity contribution < 1.29 is 24.9 Å². The number of imidazole rings is 1. The molecular formula is C15H22N6O5S. The Morgan fingerprint density at radius 3 is 2.78 bits per heavy atom. The monoisotopic (exact) mass is 398 g/mol. The number of thioether (sulfide) groups is 1. The summed E-state index contributed by atoms with van der Waals surface area (Å²) in [5, 5.41) is 30.4. The average Bonchev–Trinajstić information content (AvgIpc) is 3.17. The summed E-state index contributed by atoms with van der Waals surface area (Å²) in [6.45, 7) is 0. The van der Waals surface area contributed by atoms with E-state index in [2.05, 4.69) is 15.0 Å². The molecule has 2 aromatic rings. The van der Waals surface area contributed by atoms with Gasteiger partial charge in [-0.2, -0.15) is 11.8 Å². The van der Waals surface area contributed by atoms with Crippen molar-refractivity contribution in [2.45, 2.75) is 42.9 Å². The van der Waals surface area contributed by atoms with Crippen LogP contribution in [0.3, 0.4) is 0 Å². The van der Waals surface area contributed by atoms with Crippen LogP contribution in [0.5, 0.6) is 0 Å². The summed E-state index contributed by atoms with van der Waals surface area (Å²) in [5.41, 5.74) is 10.9. The Bertz CT molecular complexity index is 834. The van der Waals surface area contributed by atoms with Gasteiger partial charge in [-0.25, -0.2) is 15.0 Å². The van der Waals surface area contributed by atoms with Crippen LogP contribution in [-0.2, 0) is 9.53 Å². The van der Waals surface area contributed by atoms with Gasteiger partial charge < -0.3 is 31.5 Å². The molecule has 2 aromatic heterocycles. The minimum Gasteiger partial charge on any atom is -0.480 e. The minimum absolute atomic E-state index is 0.151. The third-order valence-electron chi connectivity index (χ3n) is 4.74. The van der Waals surface area contributed by atoms with E-state index in [-0.39, 0.29) is 18.7 Å². The first-order chi connectivity index (χ1) is 12.8. The molecular weight excluding hydrogens is 376 g/mol. The highest BCUT2D eigenvalue weighted by atomic mass is 32.2. The molecule has 1 aliphatic rings. The molecule has 3 rings (SSSR count). The predicted octanol–water partition coefficient (Wildman–Crippen LogP) is -1.05. The molecule has 27 heavy (non-hydrogen) atoms. The van der Waals surface area contributed by atoms with Gasteiger partial charge in [-0.3, -0.25) is 9.36 Å². The summed E-state index contributed by atoms with van der Waals surface area (Å²) in [7, 11) is 0.